The molecule has 1 aromatic rings. The molecule has 0 fully saturated rings. The van der Waals surface area contributed by atoms with E-state index in [0.717, 1.165) is 25.3 Å². The summed E-state index contributed by atoms with van der Waals surface area (Å²) in [4.78, 5) is 13.9. The molecule has 0 amide bonds. The number of carbonyl (C=O) groups is 1. The van der Waals surface area contributed by atoms with Crippen molar-refractivity contribution in [3.05, 3.63) is 23.8 Å². The van der Waals surface area contributed by atoms with Gasteiger partial charge in [-0.1, -0.05) is 0 Å². The normalized spacial score (nSPS) is 10.7. The first-order valence-electron chi connectivity index (χ1n) is 7.06. The molecule has 0 unspecified atom stereocenters. The Labute approximate surface area is 126 Å². The first-order chi connectivity index (χ1) is 10.1. The van der Waals surface area contributed by atoms with Crippen molar-refractivity contribution in [1.29, 1.82) is 0 Å². The second-order valence-electron chi connectivity index (χ2n) is 4.75. The van der Waals surface area contributed by atoms with Gasteiger partial charge in [0, 0.05) is 38.1 Å². The van der Waals surface area contributed by atoms with Gasteiger partial charge in [-0.2, -0.15) is 0 Å². The van der Waals surface area contributed by atoms with Gasteiger partial charge in [0.15, 0.2) is 0 Å². The van der Waals surface area contributed by atoms with Gasteiger partial charge in [-0.05, 0) is 32.2 Å². The molecule has 1 rings (SSSR count). The highest BCUT2D eigenvalue weighted by atomic mass is 16.5. The number of nitrogen functional groups attached to an aromatic ring is 1. The highest BCUT2D eigenvalue weighted by Gasteiger charge is 2.11. The predicted octanol–water partition coefficient (Wildman–Crippen LogP) is 1.44. The van der Waals surface area contributed by atoms with Crippen molar-refractivity contribution in [2.24, 2.45) is 0 Å². The van der Waals surface area contributed by atoms with Crippen LogP contribution in [0.5, 0.6) is 0 Å². The van der Waals surface area contributed by atoms with Crippen LogP contribution in [0.3, 0.4) is 0 Å². The van der Waals surface area contributed by atoms with E-state index in [1.807, 2.05) is 13.1 Å². The standard InChI is InChI=1S/C15H25N3O3/c1-4-21-15(19)13-11-12(5-6-14(13)16)17-7-8-18(2)9-10-20-3/h5-6,11,17H,4,7-10,16H2,1-3H3. The van der Waals surface area contributed by atoms with Crippen LogP contribution in [0.2, 0.25) is 0 Å². The fraction of sp³-hybridized carbons (Fsp3) is 0.533. The lowest BCUT2D eigenvalue weighted by molar-refractivity contribution is 0.0527. The third-order valence-corrected chi connectivity index (χ3v) is 3.05. The highest BCUT2D eigenvalue weighted by Crippen LogP contribution is 2.18. The zero-order valence-corrected chi connectivity index (χ0v) is 13.0. The van der Waals surface area contributed by atoms with Crippen LogP contribution in [-0.2, 0) is 9.47 Å². The van der Waals surface area contributed by atoms with Crippen LogP contribution in [0, 0.1) is 0 Å². The summed E-state index contributed by atoms with van der Waals surface area (Å²) in [7, 11) is 3.73. The molecule has 0 aliphatic rings. The molecule has 3 N–H and O–H groups in total. The number of nitrogens with one attached hydrogen (secondary N) is 1. The van der Waals surface area contributed by atoms with E-state index in [0.29, 0.717) is 24.5 Å². The Bertz CT molecular complexity index is 452. The topological polar surface area (TPSA) is 76.8 Å². The highest BCUT2D eigenvalue weighted by molar-refractivity contribution is 5.96. The fourth-order valence-electron chi connectivity index (χ4n) is 1.80. The SMILES string of the molecule is CCOC(=O)c1cc(NCCN(C)CCOC)ccc1N. The van der Waals surface area contributed by atoms with E-state index in [-0.39, 0.29) is 0 Å². The number of anilines is 2. The van der Waals surface area contributed by atoms with Crippen molar-refractivity contribution >= 4 is 17.3 Å². The van der Waals surface area contributed by atoms with E-state index < -0.39 is 5.97 Å². The molecule has 0 saturated heterocycles. The fourth-order valence-corrected chi connectivity index (χ4v) is 1.80. The van der Waals surface area contributed by atoms with Crippen molar-refractivity contribution in [3.63, 3.8) is 0 Å². The summed E-state index contributed by atoms with van der Waals surface area (Å²) in [6, 6.07) is 5.29. The van der Waals surface area contributed by atoms with Gasteiger partial charge < -0.3 is 25.4 Å². The number of nitrogens with zero attached hydrogens (tertiary/aromatic N) is 1. The van der Waals surface area contributed by atoms with Gasteiger partial charge >= 0.3 is 5.97 Å². The lowest BCUT2D eigenvalue weighted by Gasteiger charge is -2.17. The minimum absolute atomic E-state index is 0.334. The Morgan fingerprint density at radius 3 is 2.81 bits per heavy atom. The molecule has 0 atom stereocenters. The zero-order valence-electron chi connectivity index (χ0n) is 13.0. The van der Waals surface area contributed by atoms with Crippen LogP contribution in [-0.4, -0.2) is 57.9 Å². The molecule has 0 saturated carbocycles. The van der Waals surface area contributed by atoms with Crippen LogP contribution >= 0.6 is 0 Å². The smallest absolute Gasteiger partial charge is 0.340 e. The Morgan fingerprint density at radius 2 is 2.14 bits per heavy atom. The van der Waals surface area contributed by atoms with Crippen LogP contribution in [0.25, 0.3) is 0 Å². The molecule has 0 aliphatic heterocycles. The summed E-state index contributed by atoms with van der Waals surface area (Å²) >= 11 is 0. The summed E-state index contributed by atoms with van der Waals surface area (Å²) in [5.74, 6) is -0.393. The van der Waals surface area contributed by atoms with Gasteiger partial charge in [0.1, 0.15) is 0 Å². The zero-order chi connectivity index (χ0) is 15.7. The van der Waals surface area contributed by atoms with Crippen LogP contribution in [0.4, 0.5) is 11.4 Å². The van der Waals surface area contributed by atoms with Crippen molar-refractivity contribution in [3.8, 4) is 0 Å². The number of likely N-dealkylation sites (N-methyl/N-ethyl adjacent to an activating group) is 1. The quantitative estimate of drug-likeness (QED) is 0.530. The van der Waals surface area contributed by atoms with Crippen molar-refractivity contribution in [2.75, 3.05) is 58.1 Å². The van der Waals surface area contributed by atoms with Gasteiger partial charge in [0.25, 0.3) is 0 Å². The third-order valence-electron chi connectivity index (χ3n) is 3.05. The maximum absolute atomic E-state index is 11.8. The molecule has 0 aliphatic carbocycles. The monoisotopic (exact) mass is 295 g/mol. The van der Waals surface area contributed by atoms with E-state index in [9.17, 15) is 4.79 Å². The van der Waals surface area contributed by atoms with Gasteiger partial charge in [-0.15, -0.1) is 0 Å². The average Bonchev–Trinajstić information content (AvgIpc) is 2.47. The molecular formula is C15H25N3O3. The van der Waals surface area contributed by atoms with Gasteiger partial charge in [-0.25, -0.2) is 4.79 Å². The molecule has 1 aromatic carbocycles. The Kier molecular flexibility index (Phi) is 7.56. The van der Waals surface area contributed by atoms with E-state index >= 15 is 0 Å². The predicted molar refractivity (Wildman–Crippen MR) is 84.7 cm³/mol. The number of hydrogen-bond acceptors (Lipinski definition) is 6. The molecule has 0 spiro atoms. The van der Waals surface area contributed by atoms with Crippen LogP contribution in [0.15, 0.2) is 18.2 Å². The molecular weight excluding hydrogens is 270 g/mol. The van der Waals surface area contributed by atoms with E-state index in [4.69, 9.17) is 15.2 Å². The molecule has 0 aromatic heterocycles. The van der Waals surface area contributed by atoms with Crippen molar-refractivity contribution in [2.45, 2.75) is 6.92 Å². The van der Waals surface area contributed by atoms with Crippen molar-refractivity contribution in [1.82, 2.24) is 4.90 Å². The number of ether oxygens (including phenoxy) is 2. The first-order valence-corrected chi connectivity index (χ1v) is 7.06. The largest absolute Gasteiger partial charge is 0.462 e. The van der Waals surface area contributed by atoms with E-state index in [1.165, 1.54) is 0 Å². The maximum atomic E-state index is 11.8. The van der Waals surface area contributed by atoms with Crippen LogP contribution < -0.4 is 11.1 Å². The van der Waals surface area contributed by atoms with Gasteiger partial charge in [-0.3, -0.25) is 0 Å². The second kappa shape index (κ2) is 9.20. The lowest BCUT2D eigenvalue weighted by Crippen LogP contribution is -2.28. The Balaban J connectivity index is 2.52. The number of methoxy groups -OCH3 is 1. The average molecular weight is 295 g/mol. The Morgan fingerprint density at radius 1 is 1.38 bits per heavy atom. The number of esters is 1. The van der Waals surface area contributed by atoms with Gasteiger partial charge in [0.05, 0.1) is 18.8 Å². The second-order valence-corrected chi connectivity index (χ2v) is 4.75. The number of hydrogen-bond donors (Lipinski definition) is 2. The molecule has 6 nitrogen and oxygen atoms in total. The minimum atomic E-state index is -0.393. The molecule has 0 radical (unpaired) electrons. The summed E-state index contributed by atoms with van der Waals surface area (Å²) in [5, 5.41) is 3.27. The minimum Gasteiger partial charge on any atom is -0.462 e. The number of carbonyl (C=O) groups excluding carboxylic acids is 1. The third kappa shape index (κ3) is 6.01. The molecule has 21 heavy (non-hydrogen) atoms. The molecule has 118 valence electrons. The summed E-state index contributed by atoms with van der Waals surface area (Å²) in [5.41, 5.74) is 7.48. The van der Waals surface area contributed by atoms with E-state index in [1.54, 1.807) is 26.2 Å². The maximum Gasteiger partial charge on any atom is 0.340 e. The number of nitrogens with two attached hydrogens (primary N) is 1. The molecule has 0 bridgehead atoms. The summed E-state index contributed by atoms with van der Waals surface area (Å²) in [6.45, 7) is 5.35. The lowest BCUT2D eigenvalue weighted by atomic mass is 10.1. The Hall–Kier alpha value is -1.79. The summed E-state index contributed by atoms with van der Waals surface area (Å²) < 4.78 is 10.0. The first kappa shape index (κ1) is 17.3. The number of benzene rings is 1. The summed E-state index contributed by atoms with van der Waals surface area (Å²) in [6.07, 6.45) is 0. The van der Waals surface area contributed by atoms with E-state index in [2.05, 4.69) is 10.2 Å². The molecule has 6 heteroatoms. The van der Waals surface area contributed by atoms with Crippen molar-refractivity contribution < 1.29 is 14.3 Å². The van der Waals surface area contributed by atoms with Crippen LogP contribution in [0.1, 0.15) is 17.3 Å². The number of rotatable bonds is 9. The van der Waals surface area contributed by atoms with Gasteiger partial charge in [0.2, 0.25) is 0 Å². The molecule has 0 heterocycles.